The Morgan fingerprint density at radius 1 is 1.17 bits per heavy atom. The van der Waals surface area contributed by atoms with E-state index in [2.05, 4.69) is 5.32 Å². The van der Waals surface area contributed by atoms with Crippen LogP contribution in [0.25, 0.3) is 6.08 Å². The van der Waals surface area contributed by atoms with E-state index in [9.17, 15) is 13.2 Å². The number of carbonyl (C=O) groups is 1. The van der Waals surface area contributed by atoms with E-state index in [4.69, 9.17) is 4.42 Å². The Morgan fingerprint density at radius 2 is 1.83 bits per heavy atom. The predicted octanol–water partition coefficient (Wildman–Crippen LogP) is 2.88. The van der Waals surface area contributed by atoms with Crippen molar-refractivity contribution in [2.24, 2.45) is 0 Å². The van der Waals surface area contributed by atoms with Crippen LogP contribution in [-0.4, -0.2) is 20.6 Å². The summed E-state index contributed by atoms with van der Waals surface area (Å²) in [6, 6.07) is 9.83. The number of aryl methyl sites for hydroxylation is 1. The van der Waals surface area contributed by atoms with Crippen LogP contribution in [0.1, 0.15) is 30.0 Å². The molecule has 1 aromatic heterocycles. The molecular weight excluding hydrogens is 314 g/mol. The van der Waals surface area contributed by atoms with Gasteiger partial charge in [0.2, 0.25) is 5.91 Å². The van der Waals surface area contributed by atoms with Crippen LogP contribution >= 0.6 is 0 Å². The smallest absolute Gasteiger partial charge is 0.244 e. The summed E-state index contributed by atoms with van der Waals surface area (Å²) in [5, 5.41) is 2.81. The molecular formula is C17H19NO4S. The Bertz CT molecular complexity index is 817. The first-order chi connectivity index (χ1) is 10.8. The number of hydrogen-bond donors (Lipinski definition) is 1. The Balaban J connectivity index is 1.99. The number of benzene rings is 1. The first-order valence-corrected chi connectivity index (χ1v) is 9.00. The molecule has 0 bridgehead atoms. The van der Waals surface area contributed by atoms with Gasteiger partial charge in [-0.05, 0) is 49.8 Å². The molecule has 5 nitrogen and oxygen atoms in total. The third-order valence-electron chi connectivity index (χ3n) is 3.33. The zero-order chi connectivity index (χ0) is 17.0. The van der Waals surface area contributed by atoms with E-state index in [1.165, 1.54) is 18.2 Å². The quantitative estimate of drug-likeness (QED) is 0.854. The Hall–Kier alpha value is -2.34. The van der Waals surface area contributed by atoms with Crippen molar-refractivity contribution >= 4 is 21.8 Å². The van der Waals surface area contributed by atoms with Crippen LogP contribution in [0.3, 0.4) is 0 Å². The molecule has 0 aliphatic carbocycles. The SMILES string of the molecule is Cc1ccc(C=CC(=O)NC(C)c2ccc(S(C)(=O)=O)cc2)o1. The molecule has 0 fully saturated rings. The van der Waals surface area contributed by atoms with Gasteiger partial charge in [-0.1, -0.05) is 12.1 Å². The van der Waals surface area contributed by atoms with Gasteiger partial charge in [-0.15, -0.1) is 0 Å². The van der Waals surface area contributed by atoms with Gasteiger partial charge in [0.25, 0.3) is 0 Å². The van der Waals surface area contributed by atoms with E-state index in [0.717, 1.165) is 17.6 Å². The fraction of sp³-hybridized carbons (Fsp3) is 0.235. The molecule has 1 amide bonds. The van der Waals surface area contributed by atoms with Crippen LogP contribution in [-0.2, 0) is 14.6 Å². The van der Waals surface area contributed by atoms with Gasteiger partial charge in [-0.2, -0.15) is 0 Å². The molecule has 0 spiro atoms. The highest BCUT2D eigenvalue weighted by Crippen LogP contribution is 2.16. The number of sulfone groups is 1. The van der Waals surface area contributed by atoms with Gasteiger partial charge in [0.1, 0.15) is 11.5 Å². The maximum Gasteiger partial charge on any atom is 0.244 e. The maximum atomic E-state index is 11.9. The molecule has 1 atom stereocenters. The molecule has 2 rings (SSSR count). The first-order valence-electron chi connectivity index (χ1n) is 7.11. The first kappa shape index (κ1) is 17.0. The van der Waals surface area contributed by atoms with Crippen LogP contribution in [0.5, 0.6) is 0 Å². The minimum atomic E-state index is -3.21. The number of carbonyl (C=O) groups excluding carboxylic acids is 1. The zero-order valence-corrected chi connectivity index (χ0v) is 14.1. The molecule has 1 N–H and O–H groups in total. The highest BCUT2D eigenvalue weighted by atomic mass is 32.2. The molecule has 23 heavy (non-hydrogen) atoms. The van der Waals surface area contributed by atoms with Gasteiger partial charge in [-0.25, -0.2) is 8.42 Å². The van der Waals surface area contributed by atoms with Crippen molar-refractivity contribution in [3.8, 4) is 0 Å². The topological polar surface area (TPSA) is 76.4 Å². The summed E-state index contributed by atoms with van der Waals surface area (Å²) in [7, 11) is -3.21. The maximum absolute atomic E-state index is 11.9. The highest BCUT2D eigenvalue weighted by Gasteiger charge is 2.10. The Morgan fingerprint density at radius 3 is 2.35 bits per heavy atom. The molecule has 1 aromatic carbocycles. The molecule has 0 saturated heterocycles. The lowest BCUT2D eigenvalue weighted by atomic mass is 10.1. The van der Waals surface area contributed by atoms with Crippen molar-refractivity contribution in [3.05, 3.63) is 59.6 Å². The third kappa shape index (κ3) is 4.82. The van der Waals surface area contributed by atoms with Crippen molar-refractivity contribution in [2.45, 2.75) is 24.8 Å². The number of rotatable bonds is 5. The average molecular weight is 333 g/mol. The fourth-order valence-corrected chi connectivity index (χ4v) is 2.68. The second kappa shape index (κ2) is 6.83. The number of furan rings is 1. The normalized spacial score (nSPS) is 13.2. The average Bonchev–Trinajstić information content (AvgIpc) is 2.90. The lowest BCUT2D eigenvalue weighted by Gasteiger charge is -2.13. The van der Waals surface area contributed by atoms with Gasteiger partial charge in [0.05, 0.1) is 10.9 Å². The van der Waals surface area contributed by atoms with Crippen LogP contribution < -0.4 is 5.32 Å². The van der Waals surface area contributed by atoms with Gasteiger partial charge in [0.15, 0.2) is 9.84 Å². The lowest BCUT2D eigenvalue weighted by molar-refractivity contribution is -0.117. The number of hydrogen-bond acceptors (Lipinski definition) is 4. The molecule has 0 saturated carbocycles. The largest absolute Gasteiger partial charge is 0.462 e. The van der Waals surface area contributed by atoms with E-state index in [1.807, 2.05) is 19.9 Å². The van der Waals surface area contributed by atoms with E-state index >= 15 is 0 Å². The molecule has 0 aliphatic heterocycles. The second-order valence-electron chi connectivity index (χ2n) is 5.35. The highest BCUT2D eigenvalue weighted by molar-refractivity contribution is 7.90. The summed E-state index contributed by atoms with van der Waals surface area (Å²) >= 11 is 0. The van der Waals surface area contributed by atoms with E-state index in [0.29, 0.717) is 5.76 Å². The number of nitrogens with one attached hydrogen (secondary N) is 1. The molecule has 122 valence electrons. The molecule has 1 heterocycles. The monoisotopic (exact) mass is 333 g/mol. The van der Waals surface area contributed by atoms with Crippen molar-refractivity contribution in [3.63, 3.8) is 0 Å². The second-order valence-corrected chi connectivity index (χ2v) is 7.37. The Kier molecular flexibility index (Phi) is 5.05. The molecule has 2 aromatic rings. The fourth-order valence-electron chi connectivity index (χ4n) is 2.05. The van der Waals surface area contributed by atoms with Crippen molar-refractivity contribution in [1.29, 1.82) is 0 Å². The van der Waals surface area contributed by atoms with Gasteiger partial charge >= 0.3 is 0 Å². The lowest BCUT2D eigenvalue weighted by Crippen LogP contribution is -2.24. The van der Waals surface area contributed by atoms with Crippen LogP contribution in [0.15, 0.2) is 51.8 Å². The third-order valence-corrected chi connectivity index (χ3v) is 4.46. The summed E-state index contributed by atoms with van der Waals surface area (Å²) in [6.45, 7) is 3.66. The van der Waals surface area contributed by atoms with Gasteiger partial charge in [-0.3, -0.25) is 4.79 Å². The summed E-state index contributed by atoms with van der Waals surface area (Å²) in [4.78, 5) is 12.2. The molecule has 6 heteroatoms. The van der Waals surface area contributed by atoms with Crippen molar-refractivity contribution < 1.29 is 17.6 Å². The predicted molar refractivity (Wildman–Crippen MR) is 88.6 cm³/mol. The van der Waals surface area contributed by atoms with Gasteiger partial charge < -0.3 is 9.73 Å². The van der Waals surface area contributed by atoms with Crippen molar-refractivity contribution in [1.82, 2.24) is 5.32 Å². The zero-order valence-electron chi connectivity index (χ0n) is 13.2. The Labute approximate surface area is 135 Å². The molecule has 0 aliphatic rings. The van der Waals surface area contributed by atoms with E-state index < -0.39 is 9.84 Å². The summed E-state index contributed by atoms with van der Waals surface area (Å²) < 4.78 is 28.2. The van der Waals surface area contributed by atoms with Crippen molar-refractivity contribution in [2.75, 3.05) is 6.26 Å². The molecule has 0 radical (unpaired) electrons. The van der Waals surface area contributed by atoms with Gasteiger partial charge in [0, 0.05) is 12.3 Å². The summed E-state index contributed by atoms with van der Waals surface area (Å²) in [5.74, 6) is 1.14. The summed E-state index contributed by atoms with van der Waals surface area (Å²) in [6.07, 6.45) is 4.16. The molecule has 1 unspecified atom stereocenters. The summed E-state index contributed by atoms with van der Waals surface area (Å²) in [5.41, 5.74) is 0.827. The van der Waals surface area contributed by atoms with E-state index in [1.54, 1.807) is 24.3 Å². The minimum Gasteiger partial charge on any atom is -0.462 e. The van der Waals surface area contributed by atoms with Crippen LogP contribution in [0.2, 0.25) is 0 Å². The minimum absolute atomic E-state index is 0.237. The van der Waals surface area contributed by atoms with E-state index in [-0.39, 0.29) is 16.8 Å². The standard InChI is InChI=1S/C17H19NO4S/c1-12-4-7-15(22-12)8-11-17(19)18-13(2)14-5-9-16(10-6-14)23(3,20)21/h4-11,13H,1-3H3,(H,18,19). The number of amides is 1. The van der Waals surface area contributed by atoms with Crippen LogP contribution in [0.4, 0.5) is 0 Å². The van der Waals surface area contributed by atoms with Crippen LogP contribution in [0, 0.1) is 6.92 Å².